The molecule has 1 fully saturated rings. The Morgan fingerprint density at radius 3 is 1.67 bits per heavy atom. The summed E-state index contributed by atoms with van der Waals surface area (Å²) in [7, 11) is 0. The number of nitrogens with one attached hydrogen (secondary N) is 1. The molecule has 0 radical (unpaired) electrons. The van der Waals surface area contributed by atoms with Gasteiger partial charge in [0.05, 0.1) is 0 Å². The minimum Gasteiger partial charge on any atom is -0.317 e. The molecule has 0 aromatic carbocycles. The summed E-state index contributed by atoms with van der Waals surface area (Å²) in [6.45, 7) is 12.0. The van der Waals surface area contributed by atoms with Crippen LogP contribution in [0.2, 0.25) is 0 Å². The zero-order chi connectivity index (χ0) is 9.19. The average molecular weight is 171 g/mol. The molecule has 0 unspecified atom stereocenters. The second-order valence-corrected chi connectivity index (χ2v) is 4.79. The van der Waals surface area contributed by atoms with Gasteiger partial charge in [0, 0.05) is 1.43 Å². The van der Waals surface area contributed by atoms with Crippen LogP contribution in [0.1, 0.15) is 42.0 Å². The second-order valence-electron chi connectivity index (χ2n) is 4.79. The van der Waals surface area contributed by atoms with Crippen molar-refractivity contribution in [3.8, 4) is 0 Å². The molecular formula is C11H25N. The molecule has 0 bridgehead atoms. The van der Waals surface area contributed by atoms with Gasteiger partial charge in [-0.25, -0.2) is 0 Å². The van der Waals surface area contributed by atoms with Crippen molar-refractivity contribution in [1.82, 2.24) is 5.32 Å². The number of hydrogen-bond acceptors (Lipinski definition) is 1. The van der Waals surface area contributed by atoms with Gasteiger partial charge in [0.1, 0.15) is 0 Å². The standard InChI is InChI=1S/C11H23N.H2/c1-9(2)11(10(3)4)5-7-12-8-6-11;/h9-10,12H,5-8H2,1-4H3;1H. The zero-order valence-electron chi connectivity index (χ0n) is 8.98. The Morgan fingerprint density at radius 1 is 1.00 bits per heavy atom. The van der Waals surface area contributed by atoms with Gasteiger partial charge in [-0.15, -0.1) is 0 Å². The third-order valence-electron chi connectivity index (χ3n) is 3.83. The minimum atomic E-state index is 0. The minimum absolute atomic E-state index is 0. The summed E-state index contributed by atoms with van der Waals surface area (Å²) in [5, 5.41) is 3.45. The summed E-state index contributed by atoms with van der Waals surface area (Å²) in [4.78, 5) is 0. The van der Waals surface area contributed by atoms with Crippen molar-refractivity contribution in [2.45, 2.75) is 40.5 Å². The van der Waals surface area contributed by atoms with Crippen molar-refractivity contribution >= 4 is 0 Å². The fraction of sp³-hybridized carbons (Fsp3) is 1.00. The van der Waals surface area contributed by atoms with Gasteiger partial charge in [-0.2, -0.15) is 0 Å². The van der Waals surface area contributed by atoms with Crippen LogP contribution in [0.3, 0.4) is 0 Å². The molecule has 1 aliphatic rings. The van der Waals surface area contributed by atoms with Crippen LogP contribution in [0.25, 0.3) is 0 Å². The van der Waals surface area contributed by atoms with Gasteiger partial charge in [-0.1, -0.05) is 27.7 Å². The van der Waals surface area contributed by atoms with E-state index in [1.807, 2.05) is 0 Å². The molecular weight excluding hydrogens is 146 g/mol. The first-order valence-corrected chi connectivity index (χ1v) is 5.30. The van der Waals surface area contributed by atoms with Crippen molar-refractivity contribution in [1.29, 1.82) is 0 Å². The quantitative estimate of drug-likeness (QED) is 0.673. The topological polar surface area (TPSA) is 12.0 Å². The molecule has 0 atom stereocenters. The van der Waals surface area contributed by atoms with E-state index in [1.54, 1.807) is 0 Å². The fourth-order valence-electron chi connectivity index (χ4n) is 2.71. The predicted octanol–water partition coefficient (Wildman–Crippen LogP) is 2.91. The number of hydrogen-bond donors (Lipinski definition) is 1. The second kappa shape index (κ2) is 3.78. The van der Waals surface area contributed by atoms with Crippen LogP contribution in [-0.4, -0.2) is 13.1 Å². The molecule has 0 aromatic rings. The highest BCUT2D eigenvalue weighted by Gasteiger charge is 2.37. The van der Waals surface area contributed by atoms with E-state index in [-0.39, 0.29) is 1.43 Å². The highest BCUT2D eigenvalue weighted by molar-refractivity contribution is 4.89. The van der Waals surface area contributed by atoms with E-state index in [0.717, 1.165) is 11.8 Å². The van der Waals surface area contributed by atoms with Crippen molar-refractivity contribution in [2.24, 2.45) is 17.3 Å². The van der Waals surface area contributed by atoms with Crippen LogP contribution in [0, 0.1) is 17.3 Å². The van der Waals surface area contributed by atoms with Crippen molar-refractivity contribution in [3.05, 3.63) is 0 Å². The molecule has 0 aromatic heterocycles. The summed E-state index contributed by atoms with van der Waals surface area (Å²) in [5.74, 6) is 1.67. The van der Waals surface area contributed by atoms with Crippen LogP contribution in [-0.2, 0) is 0 Å². The van der Waals surface area contributed by atoms with E-state index in [1.165, 1.54) is 25.9 Å². The maximum Gasteiger partial charge on any atom is 0 e. The Hall–Kier alpha value is -0.0400. The van der Waals surface area contributed by atoms with Crippen LogP contribution < -0.4 is 5.32 Å². The highest BCUT2D eigenvalue weighted by atomic mass is 14.9. The van der Waals surface area contributed by atoms with Crippen LogP contribution in [0.5, 0.6) is 0 Å². The lowest BCUT2D eigenvalue weighted by molar-refractivity contribution is 0.0671. The molecule has 1 saturated heterocycles. The first-order chi connectivity index (χ1) is 5.59. The predicted molar refractivity (Wildman–Crippen MR) is 56.3 cm³/mol. The third kappa shape index (κ3) is 1.66. The molecule has 74 valence electrons. The van der Waals surface area contributed by atoms with Crippen molar-refractivity contribution in [3.63, 3.8) is 0 Å². The molecule has 1 N–H and O–H groups in total. The lowest BCUT2D eigenvalue weighted by atomic mass is 9.63. The van der Waals surface area contributed by atoms with E-state index in [0.29, 0.717) is 5.41 Å². The molecule has 1 rings (SSSR count). The van der Waals surface area contributed by atoms with Gasteiger partial charge in [-0.3, -0.25) is 0 Å². The molecule has 12 heavy (non-hydrogen) atoms. The van der Waals surface area contributed by atoms with Crippen LogP contribution in [0.4, 0.5) is 0 Å². The van der Waals surface area contributed by atoms with E-state index in [9.17, 15) is 0 Å². The molecule has 1 heteroatoms. The average Bonchev–Trinajstić information content (AvgIpc) is 2.05. The highest BCUT2D eigenvalue weighted by Crippen LogP contribution is 2.43. The van der Waals surface area contributed by atoms with E-state index in [2.05, 4.69) is 33.0 Å². The Bertz CT molecular complexity index is 127. The fourth-order valence-corrected chi connectivity index (χ4v) is 2.71. The molecule has 0 saturated carbocycles. The van der Waals surface area contributed by atoms with Gasteiger partial charge in [0.15, 0.2) is 0 Å². The summed E-state index contributed by atoms with van der Waals surface area (Å²) in [6, 6.07) is 0. The SMILES string of the molecule is CC(C)C1(C(C)C)CCNCC1.[HH]. The lowest BCUT2D eigenvalue weighted by Gasteiger charge is -2.44. The summed E-state index contributed by atoms with van der Waals surface area (Å²) < 4.78 is 0. The Kier molecular flexibility index (Phi) is 3.16. The van der Waals surface area contributed by atoms with Crippen LogP contribution in [0.15, 0.2) is 0 Å². The Balaban J connectivity index is 0.00000144. The lowest BCUT2D eigenvalue weighted by Crippen LogP contribution is -2.43. The molecule has 1 nitrogen and oxygen atoms in total. The maximum absolute atomic E-state index is 3.45. The zero-order valence-corrected chi connectivity index (χ0v) is 8.98. The van der Waals surface area contributed by atoms with Crippen molar-refractivity contribution in [2.75, 3.05) is 13.1 Å². The van der Waals surface area contributed by atoms with Gasteiger partial charge < -0.3 is 5.32 Å². The molecule has 1 heterocycles. The normalized spacial score (nSPS) is 23.5. The first kappa shape index (κ1) is 10.0. The number of rotatable bonds is 2. The third-order valence-corrected chi connectivity index (χ3v) is 3.83. The Labute approximate surface area is 78.4 Å². The molecule has 0 spiro atoms. The smallest absolute Gasteiger partial charge is 0 e. The summed E-state index contributed by atoms with van der Waals surface area (Å²) >= 11 is 0. The molecule has 0 amide bonds. The first-order valence-electron chi connectivity index (χ1n) is 5.30. The van der Waals surface area contributed by atoms with E-state index >= 15 is 0 Å². The van der Waals surface area contributed by atoms with Crippen molar-refractivity contribution < 1.29 is 1.43 Å². The molecule has 1 aliphatic heterocycles. The van der Waals surface area contributed by atoms with Crippen LogP contribution >= 0.6 is 0 Å². The van der Waals surface area contributed by atoms with Gasteiger partial charge in [0.25, 0.3) is 0 Å². The van der Waals surface area contributed by atoms with E-state index < -0.39 is 0 Å². The van der Waals surface area contributed by atoms with Gasteiger partial charge >= 0.3 is 0 Å². The maximum atomic E-state index is 3.45. The molecule has 0 aliphatic carbocycles. The largest absolute Gasteiger partial charge is 0.317 e. The Morgan fingerprint density at radius 2 is 1.42 bits per heavy atom. The van der Waals surface area contributed by atoms with E-state index in [4.69, 9.17) is 0 Å². The number of piperidine rings is 1. The van der Waals surface area contributed by atoms with Gasteiger partial charge in [0.2, 0.25) is 0 Å². The van der Waals surface area contributed by atoms with Gasteiger partial charge in [-0.05, 0) is 43.2 Å². The summed E-state index contributed by atoms with van der Waals surface area (Å²) in [5.41, 5.74) is 0.616. The monoisotopic (exact) mass is 171 g/mol. The summed E-state index contributed by atoms with van der Waals surface area (Å²) in [6.07, 6.45) is 2.73.